The van der Waals surface area contributed by atoms with Gasteiger partial charge in [-0.2, -0.15) is 0 Å². The van der Waals surface area contributed by atoms with Crippen molar-refractivity contribution < 1.29 is 9.47 Å². The van der Waals surface area contributed by atoms with Crippen LogP contribution in [0.25, 0.3) is 66.1 Å². The van der Waals surface area contributed by atoms with Crippen LogP contribution < -0.4 is 14.4 Å². The Hall–Kier alpha value is -7.24. The molecule has 0 atom stereocenters. The van der Waals surface area contributed by atoms with Gasteiger partial charge in [-0.25, -0.2) is 0 Å². The summed E-state index contributed by atoms with van der Waals surface area (Å²) in [6, 6.07) is 62.2. The fraction of sp³-hybridized carbons (Fsp3) is 0. The van der Waals surface area contributed by atoms with Gasteiger partial charge in [0.15, 0.2) is 23.0 Å². The molecule has 12 rings (SSSR count). The van der Waals surface area contributed by atoms with Gasteiger partial charge in [0.2, 0.25) is 0 Å². The molecule has 0 saturated carbocycles. The summed E-state index contributed by atoms with van der Waals surface area (Å²) in [6.07, 6.45) is 0. The van der Waals surface area contributed by atoms with Crippen molar-refractivity contribution in [2.75, 3.05) is 4.90 Å². The summed E-state index contributed by atoms with van der Waals surface area (Å²) in [5, 5.41) is 4.83. The first kappa shape index (κ1) is 28.5. The number of ether oxygens (including phenoxy) is 2. The zero-order valence-corrected chi connectivity index (χ0v) is 28.4. The molecular formula is C48H29N3O2. The van der Waals surface area contributed by atoms with Crippen molar-refractivity contribution in [1.29, 1.82) is 0 Å². The van der Waals surface area contributed by atoms with Crippen LogP contribution in [0, 0.1) is 0 Å². The lowest BCUT2D eigenvalue weighted by molar-refractivity contribution is 0.477. The van der Waals surface area contributed by atoms with E-state index in [1.807, 2.05) is 24.3 Å². The van der Waals surface area contributed by atoms with Gasteiger partial charge in [0.05, 0.1) is 39.1 Å². The summed E-state index contributed by atoms with van der Waals surface area (Å²) in [6.45, 7) is 0. The molecule has 0 aliphatic carbocycles. The highest BCUT2D eigenvalue weighted by atomic mass is 16.5. The fourth-order valence-corrected chi connectivity index (χ4v) is 8.62. The van der Waals surface area contributed by atoms with E-state index in [1.165, 1.54) is 27.1 Å². The van der Waals surface area contributed by atoms with Crippen LogP contribution in [-0.2, 0) is 0 Å². The van der Waals surface area contributed by atoms with Crippen LogP contribution in [0.4, 0.5) is 17.1 Å². The highest BCUT2D eigenvalue weighted by Crippen LogP contribution is 2.52. The van der Waals surface area contributed by atoms with Gasteiger partial charge in [0.25, 0.3) is 0 Å². The molecule has 2 aliphatic heterocycles. The lowest BCUT2D eigenvalue weighted by Gasteiger charge is -2.32. The Kier molecular flexibility index (Phi) is 5.71. The highest BCUT2D eigenvalue weighted by Gasteiger charge is 2.28. The van der Waals surface area contributed by atoms with Crippen LogP contribution >= 0.6 is 0 Å². The van der Waals surface area contributed by atoms with Crippen molar-refractivity contribution >= 4 is 60.7 Å². The summed E-state index contributed by atoms with van der Waals surface area (Å²) in [4.78, 5) is 2.30. The molecule has 2 aromatic heterocycles. The van der Waals surface area contributed by atoms with E-state index in [2.05, 4.69) is 166 Å². The third kappa shape index (κ3) is 3.96. The minimum atomic E-state index is 0.845. The molecule has 5 nitrogen and oxygen atoms in total. The Labute approximate surface area is 304 Å². The predicted molar refractivity (Wildman–Crippen MR) is 215 cm³/mol. The molecule has 0 bridgehead atoms. The fourth-order valence-electron chi connectivity index (χ4n) is 8.62. The lowest BCUT2D eigenvalue weighted by atomic mass is 10.0. The van der Waals surface area contributed by atoms with Gasteiger partial charge in [-0.3, -0.25) is 0 Å². The average molecular weight is 680 g/mol. The van der Waals surface area contributed by atoms with Crippen LogP contribution in [0.2, 0.25) is 0 Å². The molecule has 0 saturated heterocycles. The van der Waals surface area contributed by atoms with Gasteiger partial charge in [-0.1, -0.05) is 97.1 Å². The van der Waals surface area contributed by atoms with Gasteiger partial charge >= 0.3 is 0 Å². The van der Waals surface area contributed by atoms with Crippen LogP contribution in [0.15, 0.2) is 176 Å². The van der Waals surface area contributed by atoms with E-state index in [9.17, 15) is 0 Å². The maximum atomic E-state index is 6.75. The van der Waals surface area contributed by atoms with Crippen LogP contribution in [0.3, 0.4) is 0 Å². The van der Waals surface area contributed by atoms with Gasteiger partial charge in [-0.05, 0) is 84.4 Å². The number of para-hydroxylation sites is 8. The average Bonchev–Trinajstić information content (AvgIpc) is 3.74. The topological polar surface area (TPSA) is 31.6 Å². The van der Waals surface area contributed by atoms with E-state index < -0.39 is 0 Å². The monoisotopic (exact) mass is 679 g/mol. The minimum absolute atomic E-state index is 0.845. The van der Waals surface area contributed by atoms with E-state index in [-0.39, 0.29) is 0 Å². The van der Waals surface area contributed by atoms with Crippen molar-refractivity contribution in [1.82, 2.24) is 9.13 Å². The molecule has 10 aromatic rings. The Bertz CT molecular complexity index is 3090. The molecular weight excluding hydrogens is 651 g/mol. The molecule has 0 amide bonds. The van der Waals surface area contributed by atoms with Crippen LogP contribution in [0.1, 0.15) is 0 Å². The van der Waals surface area contributed by atoms with E-state index in [4.69, 9.17) is 9.47 Å². The van der Waals surface area contributed by atoms with Gasteiger partial charge in [-0.15, -0.1) is 0 Å². The number of fused-ring (bicyclic) bond motifs is 10. The molecule has 0 spiro atoms. The third-order valence-electron chi connectivity index (χ3n) is 10.9. The summed E-state index contributed by atoms with van der Waals surface area (Å²) in [5.74, 6) is 3.44. The van der Waals surface area contributed by atoms with Crippen molar-refractivity contribution in [2.24, 2.45) is 0 Å². The number of rotatable bonds is 3. The smallest absolute Gasteiger partial charge is 0.159 e. The maximum absolute atomic E-state index is 6.75. The Morgan fingerprint density at radius 3 is 1.70 bits per heavy atom. The van der Waals surface area contributed by atoms with Gasteiger partial charge in [0.1, 0.15) is 0 Å². The molecule has 248 valence electrons. The molecule has 0 N–H and O–H groups in total. The Morgan fingerprint density at radius 2 is 0.925 bits per heavy atom. The summed E-state index contributed by atoms with van der Waals surface area (Å²) in [7, 11) is 0. The standard InChI is InChI=1S/C48H29N3O2/c1-4-16-39-34(11-1)36-14-10-22-46-47(36)51(39)43-19-9-13-33(48(43)53-46)30-23-25-31(26-24-30)49-38-15-3-2-12-35(38)37-29-32(27-28-40(37)49)50-41-17-5-7-20-44(41)52-45-21-8-6-18-42(45)50/h1-29H. The molecule has 0 radical (unpaired) electrons. The summed E-state index contributed by atoms with van der Waals surface area (Å²) >= 11 is 0. The number of nitrogens with zero attached hydrogens (tertiary/aromatic N) is 3. The largest absolute Gasteiger partial charge is 0.453 e. The number of anilines is 3. The zero-order valence-electron chi connectivity index (χ0n) is 28.4. The molecule has 4 heterocycles. The summed E-state index contributed by atoms with van der Waals surface area (Å²) < 4.78 is 17.8. The van der Waals surface area contributed by atoms with Crippen LogP contribution in [0.5, 0.6) is 23.0 Å². The molecule has 53 heavy (non-hydrogen) atoms. The first-order valence-electron chi connectivity index (χ1n) is 17.9. The molecule has 0 unspecified atom stereocenters. The van der Waals surface area contributed by atoms with E-state index in [1.54, 1.807) is 0 Å². The van der Waals surface area contributed by atoms with Crippen molar-refractivity contribution in [3.8, 4) is 45.5 Å². The normalized spacial score (nSPS) is 12.8. The number of aromatic nitrogens is 2. The first-order chi connectivity index (χ1) is 26.3. The zero-order chi connectivity index (χ0) is 34.6. The van der Waals surface area contributed by atoms with Crippen molar-refractivity contribution in [2.45, 2.75) is 0 Å². The molecule has 0 fully saturated rings. The first-order valence-corrected chi connectivity index (χ1v) is 17.9. The third-order valence-corrected chi connectivity index (χ3v) is 10.9. The molecule has 5 heteroatoms. The minimum Gasteiger partial charge on any atom is -0.453 e. The molecule has 8 aromatic carbocycles. The number of hydrogen-bond donors (Lipinski definition) is 0. The van der Waals surface area contributed by atoms with Gasteiger partial charge < -0.3 is 23.5 Å². The number of hydrogen-bond acceptors (Lipinski definition) is 3. The maximum Gasteiger partial charge on any atom is 0.159 e. The Balaban J connectivity index is 0.986. The second-order valence-corrected chi connectivity index (χ2v) is 13.7. The predicted octanol–water partition coefficient (Wildman–Crippen LogP) is 13.2. The van der Waals surface area contributed by atoms with E-state index in [0.29, 0.717) is 0 Å². The Morgan fingerprint density at radius 1 is 0.358 bits per heavy atom. The van der Waals surface area contributed by atoms with E-state index in [0.717, 1.165) is 79.1 Å². The highest BCUT2D eigenvalue weighted by molar-refractivity contribution is 6.13. The van der Waals surface area contributed by atoms with Crippen LogP contribution in [-0.4, -0.2) is 9.13 Å². The SMILES string of the molecule is c1ccc2c(c1)Oc1ccccc1N2c1ccc2c(c1)c1ccccc1n2-c1ccc(-c2cccc3c2Oc2cccc4c5ccccc5n-3c24)cc1. The second kappa shape index (κ2) is 10.6. The van der Waals surface area contributed by atoms with Gasteiger partial charge in [0, 0.05) is 38.5 Å². The number of benzene rings is 8. The van der Waals surface area contributed by atoms with E-state index >= 15 is 0 Å². The van der Waals surface area contributed by atoms with Crippen molar-refractivity contribution in [3.05, 3.63) is 176 Å². The quantitative estimate of drug-likeness (QED) is 0.186. The summed E-state index contributed by atoms with van der Waals surface area (Å²) in [5.41, 5.74) is 12.1. The van der Waals surface area contributed by atoms with Crippen molar-refractivity contribution in [3.63, 3.8) is 0 Å². The second-order valence-electron chi connectivity index (χ2n) is 13.7. The lowest BCUT2D eigenvalue weighted by Crippen LogP contribution is -2.15. The molecule has 2 aliphatic rings.